The normalized spacial score (nSPS) is 12.2. The van der Waals surface area contributed by atoms with Gasteiger partial charge in [-0.15, -0.1) is 0 Å². The number of aromatic nitrogens is 1. The second-order valence-electron chi connectivity index (χ2n) is 4.36. The Morgan fingerprint density at radius 3 is 2.84 bits per heavy atom. The van der Waals surface area contributed by atoms with Gasteiger partial charge >= 0.3 is 0 Å². The summed E-state index contributed by atoms with van der Waals surface area (Å²) in [5.41, 5.74) is 1.99. The lowest BCUT2D eigenvalue weighted by Crippen LogP contribution is -2.18. The summed E-state index contributed by atoms with van der Waals surface area (Å²) < 4.78 is 18.5. The largest absolute Gasteiger partial charge is 0.494 e. The molecule has 0 saturated heterocycles. The minimum Gasteiger partial charge on any atom is -0.494 e. The van der Waals surface area contributed by atoms with E-state index in [1.807, 2.05) is 31.3 Å². The van der Waals surface area contributed by atoms with Crippen molar-refractivity contribution >= 4 is 0 Å². The second kappa shape index (κ2) is 6.29. The van der Waals surface area contributed by atoms with Gasteiger partial charge in [0, 0.05) is 25.0 Å². The molecule has 0 aliphatic rings. The first kappa shape index (κ1) is 13.5. The molecule has 1 N–H and O–H groups in total. The van der Waals surface area contributed by atoms with E-state index in [0.717, 1.165) is 11.1 Å². The molecule has 1 aromatic heterocycles. The number of hydrogen-bond acceptors (Lipinski definition) is 3. The molecule has 0 radical (unpaired) electrons. The van der Waals surface area contributed by atoms with E-state index in [9.17, 15) is 4.39 Å². The molecular weight excluding hydrogens is 243 g/mol. The highest BCUT2D eigenvalue weighted by molar-refractivity contribution is 5.30. The average molecular weight is 260 g/mol. The van der Waals surface area contributed by atoms with Crippen LogP contribution in [0.1, 0.15) is 24.1 Å². The predicted molar refractivity (Wildman–Crippen MR) is 72.4 cm³/mol. The number of methoxy groups -OCH3 is 1. The number of nitrogens with one attached hydrogen (secondary N) is 1. The van der Waals surface area contributed by atoms with Crippen molar-refractivity contribution in [3.05, 3.63) is 59.7 Å². The molecule has 1 aromatic carbocycles. The Hall–Kier alpha value is -1.94. The Bertz CT molecular complexity index is 531. The third-order valence-corrected chi connectivity index (χ3v) is 3.01. The minimum atomic E-state index is -0.338. The zero-order chi connectivity index (χ0) is 13.7. The summed E-state index contributed by atoms with van der Waals surface area (Å²) >= 11 is 0. The van der Waals surface area contributed by atoms with Gasteiger partial charge in [-0.3, -0.25) is 4.98 Å². The summed E-state index contributed by atoms with van der Waals surface area (Å²) in [5, 5.41) is 3.33. The van der Waals surface area contributed by atoms with Crippen LogP contribution in [-0.2, 0) is 6.54 Å². The molecule has 0 spiro atoms. The van der Waals surface area contributed by atoms with Gasteiger partial charge in [0.1, 0.15) is 0 Å². The zero-order valence-electron chi connectivity index (χ0n) is 11.1. The Labute approximate surface area is 112 Å². The van der Waals surface area contributed by atoms with E-state index < -0.39 is 0 Å². The van der Waals surface area contributed by atoms with Crippen molar-refractivity contribution in [2.45, 2.75) is 19.5 Å². The van der Waals surface area contributed by atoms with Crippen molar-refractivity contribution in [1.29, 1.82) is 0 Å². The molecule has 3 nitrogen and oxygen atoms in total. The number of ether oxygens (including phenoxy) is 1. The highest BCUT2D eigenvalue weighted by atomic mass is 19.1. The molecule has 19 heavy (non-hydrogen) atoms. The molecule has 1 heterocycles. The van der Waals surface area contributed by atoms with Crippen LogP contribution in [0.2, 0.25) is 0 Å². The van der Waals surface area contributed by atoms with Crippen LogP contribution in [0, 0.1) is 5.82 Å². The van der Waals surface area contributed by atoms with Gasteiger partial charge in [-0.2, -0.15) is 0 Å². The summed E-state index contributed by atoms with van der Waals surface area (Å²) in [7, 11) is 1.46. The molecular formula is C15H17FN2O. The van der Waals surface area contributed by atoms with Crippen LogP contribution in [-0.4, -0.2) is 12.1 Å². The molecule has 0 bridgehead atoms. The first-order chi connectivity index (χ1) is 9.20. The predicted octanol–water partition coefficient (Wildman–Crippen LogP) is 3.08. The van der Waals surface area contributed by atoms with Crippen LogP contribution < -0.4 is 10.1 Å². The molecule has 100 valence electrons. The molecule has 2 rings (SSSR count). The van der Waals surface area contributed by atoms with Crippen LogP contribution in [0.4, 0.5) is 4.39 Å². The fraction of sp³-hybridized carbons (Fsp3) is 0.267. The van der Waals surface area contributed by atoms with Gasteiger partial charge in [-0.1, -0.05) is 12.1 Å². The SMILES string of the molecule is COc1ccc([C@H](C)NCc2cccnc2)cc1F. The van der Waals surface area contributed by atoms with E-state index in [1.165, 1.54) is 13.2 Å². The molecule has 0 amide bonds. The minimum absolute atomic E-state index is 0.0561. The highest BCUT2D eigenvalue weighted by Crippen LogP contribution is 2.21. The fourth-order valence-electron chi connectivity index (χ4n) is 1.84. The fourth-order valence-corrected chi connectivity index (χ4v) is 1.84. The van der Waals surface area contributed by atoms with Gasteiger partial charge in [0.25, 0.3) is 0 Å². The van der Waals surface area contributed by atoms with Crippen molar-refractivity contribution in [2.24, 2.45) is 0 Å². The molecule has 0 aliphatic carbocycles. The maximum Gasteiger partial charge on any atom is 0.165 e. The lowest BCUT2D eigenvalue weighted by atomic mass is 10.1. The summed E-state index contributed by atoms with van der Waals surface area (Å²) in [6.07, 6.45) is 3.56. The van der Waals surface area contributed by atoms with E-state index in [0.29, 0.717) is 6.54 Å². The Kier molecular flexibility index (Phi) is 4.47. The first-order valence-corrected chi connectivity index (χ1v) is 6.16. The first-order valence-electron chi connectivity index (χ1n) is 6.16. The number of halogens is 1. The monoisotopic (exact) mass is 260 g/mol. The number of hydrogen-bond donors (Lipinski definition) is 1. The number of rotatable bonds is 5. The Morgan fingerprint density at radius 2 is 2.21 bits per heavy atom. The van der Waals surface area contributed by atoms with Crippen molar-refractivity contribution in [2.75, 3.05) is 7.11 Å². The van der Waals surface area contributed by atoms with Gasteiger partial charge in [-0.25, -0.2) is 4.39 Å². The average Bonchev–Trinajstić information content (AvgIpc) is 2.45. The maximum atomic E-state index is 13.6. The molecule has 0 saturated carbocycles. The van der Waals surface area contributed by atoms with Crippen LogP contribution in [0.25, 0.3) is 0 Å². The van der Waals surface area contributed by atoms with Crippen molar-refractivity contribution in [3.8, 4) is 5.75 Å². The summed E-state index contributed by atoms with van der Waals surface area (Å²) in [5.74, 6) is -0.0711. The lowest BCUT2D eigenvalue weighted by Gasteiger charge is -2.15. The molecule has 4 heteroatoms. The van der Waals surface area contributed by atoms with E-state index in [1.54, 1.807) is 12.3 Å². The Balaban J connectivity index is 2.00. The topological polar surface area (TPSA) is 34.1 Å². The Morgan fingerprint density at radius 1 is 1.37 bits per heavy atom. The van der Waals surface area contributed by atoms with E-state index >= 15 is 0 Å². The standard InChI is InChI=1S/C15H17FN2O/c1-11(18-10-12-4-3-7-17-9-12)13-5-6-15(19-2)14(16)8-13/h3-9,11,18H,10H2,1-2H3/t11-/m0/s1. The molecule has 0 fully saturated rings. The van der Waals surface area contributed by atoms with Crippen LogP contribution in [0.15, 0.2) is 42.7 Å². The molecule has 1 atom stereocenters. The number of pyridine rings is 1. The quantitative estimate of drug-likeness (QED) is 0.897. The summed E-state index contributed by atoms with van der Waals surface area (Å²) in [4.78, 5) is 4.06. The zero-order valence-corrected chi connectivity index (χ0v) is 11.1. The summed E-state index contributed by atoms with van der Waals surface area (Å²) in [6, 6.07) is 8.96. The van der Waals surface area contributed by atoms with Gasteiger partial charge in [-0.05, 0) is 36.2 Å². The van der Waals surface area contributed by atoms with E-state index in [4.69, 9.17) is 4.74 Å². The van der Waals surface area contributed by atoms with Gasteiger partial charge in [0.2, 0.25) is 0 Å². The molecule has 0 unspecified atom stereocenters. The van der Waals surface area contributed by atoms with Gasteiger partial charge < -0.3 is 10.1 Å². The molecule has 0 aliphatic heterocycles. The smallest absolute Gasteiger partial charge is 0.165 e. The third kappa shape index (κ3) is 3.51. The highest BCUT2D eigenvalue weighted by Gasteiger charge is 2.09. The number of benzene rings is 1. The lowest BCUT2D eigenvalue weighted by molar-refractivity contribution is 0.385. The third-order valence-electron chi connectivity index (χ3n) is 3.01. The van der Waals surface area contributed by atoms with Crippen LogP contribution >= 0.6 is 0 Å². The van der Waals surface area contributed by atoms with Crippen LogP contribution in [0.3, 0.4) is 0 Å². The molecule has 2 aromatic rings. The summed E-state index contributed by atoms with van der Waals surface area (Å²) in [6.45, 7) is 2.69. The maximum absolute atomic E-state index is 13.6. The van der Waals surface area contributed by atoms with Crippen LogP contribution in [0.5, 0.6) is 5.75 Å². The van der Waals surface area contributed by atoms with Gasteiger partial charge in [0.15, 0.2) is 11.6 Å². The van der Waals surface area contributed by atoms with Crippen molar-refractivity contribution in [3.63, 3.8) is 0 Å². The second-order valence-corrected chi connectivity index (χ2v) is 4.36. The van der Waals surface area contributed by atoms with Crippen molar-refractivity contribution < 1.29 is 9.13 Å². The number of nitrogens with zero attached hydrogens (tertiary/aromatic N) is 1. The van der Waals surface area contributed by atoms with Crippen molar-refractivity contribution in [1.82, 2.24) is 10.3 Å². The van der Waals surface area contributed by atoms with E-state index in [-0.39, 0.29) is 17.6 Å². The van der Waals surface area contributed by atoms with Gasteiger partial charge in [0.05, 0.1) is 7.11 Å². The van der Waals surface area contributed by atoms with E-state index in [2.05, 4.69) is 10.3 Å².